The maximum absolute atomic E-state index is 12.4. The molecule has 0 atom stereocenters. The van der Waals surface area contributed by atoms with Crippen LogP contribution in [0.1, 0.15) is 11.1 Å². The standard InChI is InChI=1S/C14H13ClO2S/c1-10-3-6-13(7-4-10)18(16,17)14-8-5-12(15)9-11(14)2/h3-9H,1-2H3. The van der Waals surface area contributed by atoms with Gasteiger partial charge in [0, 0.05) is 5.02 Å². The van der Waals surface area contributed by atoms with Crippen LogP contribution in [0.2, 0.25) is 5.02 Å². The van der Waals surface area contributed by atoms with Gasteiger partial charge in [-0.05, 0) is 49.7 Å². The zero-order chi connectivity index (χ0) is 13.3. The van der Waals surface area contributed by atoms with Crippen molar-refractivity contribution in [1.82, 2.24) is 0 Å². The topological polar surface area (TPSA) is 34.1 Å². The van der Waals surface area contributed by atoms with E-state index in [1.54, 1.807) is 49.4 Å². The summed E-state index contributed by atoms with van der Waals surface area (Å²) in [6.07, 6.45) is 0. The number of rotatable bonds is 2. The Balaban J connectivity index is 2.58. The third-order valence-corrected chi connectivity index (χ3v) is 4.92. The summed E-state index contributed by atoms with van der Waals surface area (Å²) in [6, 6.07) is 11.6. The van der Waals surface area contributed by atoms with E-state index in [1.807, 2.05) is 6.92 Å². The zero-order valence-corrected chi connectivity index (χ0v) is 11.7. The Morgan fingerprint density at radius 2 is 1.56 bits per heavy atom. The van der Waals surface area contributed by atoms with Gasteiger partial charge in [-0.25, -0.2) is 8.42 Å². The van der Waals surface area contributed by atoms with E-state index in [-0.39, 0.29) is 0 Å². The molecule has 0 N–H and O–H groups in total. The molecule has 18 heavy (non-hydrogen) atoms. The highest BCUT2D eigenvalue weighted by atomic mass is 35.5. The van der Waals surface area contributed by atoms with Crippen molar-refractivity contribution in [2.75, 3.05) is 0 Å². The molecule has 0 unspecified atom stereocenters. The number of hydrogen-bond donors (Lipinski definition) is 0. The molecule has 0 aliphatic heterocycles. The van der Waals surface area contributed by atoms with Crippen LogP contribution in [0.15, 0.2) is 52.3 Å². The number of benzene rings is 2. The predicted octanol–water partition coefficient (Wildman–Crippen LogP) is 3.79. The van der Waals surface area contributed by atoms with Gasteiger partial charge < -0.3 is 0 Å². The van der Waals surface area contributed by atoms with Gasteiger partial charge in [0.2, 0.25) is 9.84 Å². The lowest BCUT2D eigenvalue weighted by molar-refractivity contribution is 0.595. The van der Waals surface area contributed by atoms with Crippen LogP contribution in [0, 0.1) is 13.8 Å². The second-order valence-corrected chi connectivity index (χ2v) is 6.58. The molecule has 2 aromatic rings. The molecule has 0 spiro atoms. The maximum Gasteiger partial charge on any atom is 0.206 e. The van der Waals surface area contributed by atoms with Gasteiger partial charge in [0.05, 0.1) is 9.79 Å². The average Bonchev–Trinajstić information content (AvgIpc) is 2.29. The van der Waals surface area contributed by atoms with E-state index >= 15 is 0 Å². The van der Waals surface area contributed by atoms with Crippen LogP contribution in [0.4, 0.5) is 0 Å². The summed E-state index contributed by atoms with van der Waals surface area (Å²) in [7, 11) is -3.46. The summed E-state index contributed by atoms with van der Waals surface area (Å²) < 4.78 is 24.9. The summed E-state index contributed by atoms with van der Waals surface area (Å²) in [5.74, 6) is 0. The van der Waals surface area contributed by atoms with Gasteiger partial charge in [-0.2, -0.15) is 0 Å². The van der Waals surface area contributed by atoms with Gasteiger partial charge in [-0.15, -0.1) is 0 Å². The molecule has 0 bridgehead atoms. The lowest BCUT2D eigenvalue weighted by Crippen LogP contribution is -2.04. The van der Waals surface area contributed by atoms with Gasteiger partial charge in [0.1, 0.15) is 0 Å². The third-order valence-electron chi connectivity index (χ3n) is 2.76. The number of halogens is 1. The van der Waals surface area contributed by atoms with Crippen LogP contribution in [-0.2, 0) is 9.84 Å². The smallest absolute Gasteiger partial charge is 0.206 e. The van der Waals surface area contributed by atoms with Crippen molar-refractivity contribution < 1.29 is 8.42 Å². The van der Waals surface area contributed by atoms with E-state index < -0.39 is 9.84 Å². The minimum Gasteiger partial charge on any atom is -0.219 e. The largest absolute Gasteiger partial charge is 0.219 e. The molecule has 0 saturated heterocycles. The molecule has 0 aliphatic rings. The normalized spacial score (nSPS) is 11.5. The fourth-order valence-corrected chi connectivity index (χ4v) is 3.46. The van der Waals surface area contributed by atoms with Crippen molar-refractivity contribution in [3.8, 4) is 0 Å². The van der Waals surface area contributed by atoms with Crippen LogP contribution >= 0.6 is 11.6 Å². The van der Waals surface area contributed by atoms with Gasteiger partial charge in [0.25, 0.3) is 0 Å². The Kier molecular flexibility index (Phi) is 3.46. The lowest BCUT2D eigenvalue weighted by atomic mass is 10.2. The first-order chi connectivity index (χ1) is 8.41. The Hall–Kier alpha value is -1.32. The van der Waals surface area contributed by atoms with E-state index in [2.05, 4.69) is 0 Å². The number of hydrogen-bond acceptors (Lipinski definition) is 2. The second-order valence-electron chi connectivity index (χ2n) is 4.23. The lowest BCUT2D eigenvalue weighted by Gasteiger charge is -2.08. The molecule has 4 heteroatoms. The molecular weight excluding hydrogens is 268 g/mol. The number of sulfone groups is 1. The predicted molar refractivity (Wildman–Crippen MR) is 72.8 cm³/mol. The summed E-state index contributed by atoms with van der Waals surface area (Å²) in [5, 5.41) is 0.537. The first-order valence-corrected chi connectivity index (χ1v) is 7.35. The van der Waals surface area contributed by atoms with Crippen LogP contribution in [0.3, 0.4) is 0 Å². The molecule has 0 heterocycles. The van der Waals surface area contributed by atoms with Crippen LogP contribution < -0.4 is 0 Å². The van der Waals surface area contributed by atoms with E-state index in [4.69, 9.17) is 11.6 Å². The van der Waals surface area contributed by atoms with Gasteiger partial charge in [0.15, 0.2) is 0 Å². The first kappa shape index (κ1) is 13.1. The molecule has 0 saturated carbocycles. The van der Waals surface area contributed by atoms with E-state index in [9.17, 15) is 8.42 Å². The molecule has 0 radical (unpaired) electrons. The molecule has 0 aromatic heterocycles. The SMILES string of the molecule is Cc1ccc(S(=O)(=O)c2ccc(Cl)cc2C)cc1. The number of aryl methyl sites for hydroxylation is 2. The fourth-order valence-electron chi connectivity index (χ4n) is 1.76. The molecule has 0 amide bonds. The van der Waals surface area contributed by atoms with Crippen molar-refractivity contribution in [3.05, 3.63) is 58.6 Å². The highest BCUT2D eigenvalue weighted by Crippen LogP contribution is 2.26. The van der Waals surface area contributed by atoms with Crippen LogP contribution in [-0.4, -0.2) is 8.42 Å². The second kappa shape index (κ2) is 4.75. The Labute approximate surface area is 112 Å². The fraction of sp³-hybridized carbons (Fsp3) is 0.143. The first-order valence-electron chi connectivity index (χ1n) is 5.49. The van der Waals surface area contributed by atoms with Crippen LogP contribution in [0.25, 0.3) is 0 Å². The van der Waals surface area contributed by atoms with Crippen molar-refractivity contribution in [2.45, 2.75) is 23.6 Å². The Morgan fingerprint density at radius 1 is 0.944 bits per heavy atom. The summed E-state index contributed by atoms with van der Waals surface area (Å²) in [5.41, 5.74) is 1.69. The van der Waals surface area contributed by atoms with Crippen molar-refractivity contribution in [1.29, 1.82) is 0 Å². The molecular formula is C14H13ClO2S. The minimum absolute atomic E-state index is 0.302. The molecule has 0 aliphatic carbocycles. The average molecular weight is 281 g/mol. The molecule has 0 fully saturated rings. The van der Waals surface area contributed by atoms with Crippen LogP contribution in [0.5, 0.6) is 0 Å². The Bertz CT molecular complexity index is 673. The Morgan fingerprint density at radius 3 is 2.11 bits per heavy atom. The van der Waals surface area contributed by atoms with Crippen molar-refractivity contribution in [2.24, 2.45) is 0 Å². The molecule has 2 rings (SSSR count). The third kappa shape index (κ3) is 2.42. The van der Waals surface area contributed by atoms with E-state index in [1.165, 1.54) is 0 Å². The van der Waals surface area contributed by atoms with Gasteiger partial charge >= 0.3 is 0 Å². The monoisotopic (exact) mass is 280 g/mol. The van der Waals surface area contributed by atoms with Crippen molar-refractivity contribution in [3.63, 3.8) is 0 Å². The zero-order valence-electron chi connectivity index (χ0n) is 10.1. The molecule has 2 nitrogen and oxygen atoms in total. The maximum atomic E-state index is 12.4. The quantitative estimate of drug-likeness (QED) is 0.839. The molecule has 94 valence electrons. The minimum atomic E-state index is -3.46. The summed E-state index contributed by atoms with van der Waals surface area (Å²) >= 11 is 5.84. The molecule has 2 aromatic carbocycles. The summed E-state index contributed by atoms with van der Waals surface area (Å²) in [6.45, 7) is 3.66. The van der Waals surface area contributed by atoms with Gasteiger partial charge in [-0.3, -0.25) is 0 Å². The van der Waals surface area contributed by atoms with Crippen molar-refractivity contribution >= 4 is 21.4 Å². The van der Waals surface area contributed by atoms with E-state index in [0.29, 0.717) is 20.4 Å². The van der Waals surface area contributed by atoms with Gasteiger partial charge in [-0.1, -0.05) is 29.3 Å². The summed E-state index contributed by atoms with van der Waals surface area (Å²) in [4.78, 5) is 0.606. The van der Waals surface area contributed by atoms with E-state index in [0.717, 1.165) is 5.56 Å². The highest BCUT2D eigenvalue weighted by Gasteiger charge is 2.19. The highest BCUT2D eigenvalue weighted by molar-refractivity contribution is 7.91.